The van der Waals surface area contributed by atoms with Gasteiger partial charge in [-0.25, -0.2) is 0 Å². The Bertz CT molecular complexity index is 501. The van der Waals surface area contributed by atoms with E-state index in [2.05, 4.69) is 23.3 Å². The minimum Gasteiger partial charge on any atom is -0.330 e. The van der Waals surface area contributed by atoms with Crippen molar-refractivity contribution in [3.63, 3.8) is 0 Å². The molecule has 0 spiro atoms. The molecule has 0 radical (unpaired) electrons. The van der Waals surface area contributed by atoms with Crippen LogP contribution in [0.1, 0.15) is 18.0 Å². The maximum absolute atomic E-state index is 5.69. The van der Waals surface area contributed by atoms with Crippen molar-refractivity contribution in [3.8, 4) is 0 Å². The van der Waals surface area contributed by atoms with Crippen molar-refractivity contribution in [2.75, 3.05) is 6.54 Å². The third-order valence-electron chi connectivity index (χ3n) is 3.36. The maximum Gasteiger partial charge on any atom is 0.0926 e. The SMILES string of the molecule is Cn1nc2ccccc2c1C1CC1CN. The van der Waals surface area contributed by atoms with Crippen LogP contribution in [0, 0.1) is 5.92 Å². The van der Waals surface area contributed by atoms with Crippen LogP contribution in [-0.2, 0) is 7.05 Å². The van der Waals surface area contributed by atoms with Gasteiger partial charge >= 0.3 is 0 Å². The lowest BCUT2D eigenvalue weighted by Gasteiger charge is -2.00. The van der Waals surface area contributed by atoms with Crippen LogP contribution >= 0.6 is 0 Å². The summed E-state index contributed by atoms with van der Waals surface area (Å²) >= 11 is 0. The summed E-state index contributed by atoms with van der Waals surface area (Å²) in [7, 11) is 2.03. The van der Waals surface area contributed by atoms with Crippen LogP contribution in [0.3, 0.4) is 0 Å². The molecule has 1 heterocycles. The molecule has 0 saturated heterocycles. The molecular weight excluding hydrogens is 186 g/mol. The Hall–Kier alpha value is -1.35. The topological polar surface area (TPSA) is 43.8 Å². The fourth-order valence-electron chi connectivity index (χ4n) is 2.45. The van der Waals surface area contributed by atoms with Crippen LogP contribution in [0.4, 0.5) is 0 Å². The van der Waals surface area contributed by atoms with E-state index in [9.17, 15) is 0 Å². The molecule has 3 nitrogen and oxygen atoms in total. The molecule has 1 aliphatic carbocycles. The van der Waals surface area contributed by atoms with Crippen LogP contribution in [-0.4, -0.2) is 16.3 Å². The Kier molecular flexibility index (Phi) is 1.83. The predicted octanol–water partition coefficient (Wildman–Crippen LogP) is 1.64. The van der Waals surface area contributed by atoms with Gasteiger partial charge in [0.05, 0.1) is 5.52 Å². The Morgan fingerprint density at radius 3 is 3.00 bits per heavy atom. The summed E-state index contributed by atoms with van der Waals surface area (Å²) in [4.78, 5) is 0. The number of aromatic nitrogens is 2. The zero-order valence-corrected chi connectivity index (χ0v) is 8.85. The van der Waals surface area contributed by atoms with E-state index in [1.807, 2.05) is 17.8 Å². The Labute approximate surface area is 88.9 Å². The van der Waals surface area contributed by atoms with E-state index in [1.54, 1.807) is 0 Å². The smallest absolute Gasteiger partial charge is 0.0926 e. The van der Waals surface area contributed by atoms with Crippen LogP contribution in [0.2, 0.25) is 0 Å². The maximum atomic E-state index is 5.69. The zero-order valence-electron chi connectivity index (χ0n) is 8.85. The highest BCUT2D eigenvalue weighted by atomic mass is 15.3. The van der Waals surface area contributed by atoms with Gasteiger partial charge in [-0.2, -0.15) is 5.10 Å². The van der Waals surface area contributed by atoms with Gasteiger partial charge < -0.3 is 5.73 Å². The van der Waals surface area contributed by atoms with E-state index >= 15 is 0 Å². The number of hydrogen-bond donors (Lipinski definition) is 1. The molecule has 1 aliphatic rings. The van der Waals surface area contributed by atoms with Gasteiger partial charge in [0.25, 0.3) is 0 Å². The van der Waals surface area contributed by atoms with Gasteiger partial charge in [-0.3, -0.25) is 4.68 Å². The third kappa shape index (κ3) is 1.27. The molecule has 1 aromatic heterocycles. The highest BCUT2D eigenvalue weighted by molar-refractivity contribution is 5.82. The van der Waals surface area contributed by atoms with Crippen molar-refractivity contribution >= 4 is 10.9 Å². The van der Waals surface area contributed by atoms with E-state index in [-0.39, 0.29) is 0 Å². The monoisotopic (exact) mass is 201 g/mol. The molecule has 15 heavy (non-hydrogen) atoms. The van der Waals surface area contributed by atoms with Crippen molar-refractivity contribution in [2.45, 2.75) is 12.3 Å². The number of nitrogens with two attached hydrogens (primary N) is 1. The first-order valence-electron chi connectivity index (χ1n) is 5.43. The van der Waals surface area contributed by atoms with Crippen molar-refractivity contribution in [3.05, 3.63) is 30.0 Å². The highest BCUT2D eigenvalue weighted by Gasteiger charge is 2.40. The second-order valence-corrected chi connectivity index (χ2v) is 4.36. The number of nitrogens with zero attached hydrogens (tertiary/aromatic N) is 2. The van der Waals surface area contributed by atoms with Crippen molar-refractivity contribution in [1.29, 1.82) is 0 Å². The molecule has 2 unspecified atom stereocenters. The first-order chi connectivity index (χ1) is 7.31. The molecule has 2 atom stereocenters. The molecule has 0 amide bonds. The summed E-state index contributed by atoms with van der Waals surface area (Å²) < 4.78 is 2.02. The molecule has 0 bridgehead atoms. The molecule has 0 aliphatic heterocycles. The number of hydrogen-bond acceptors (Lipinski definition) is 2. The standard InChI is InChI=1S/C12H15N3/c1-15-12(10-6-8(10)7-13)9-4-2-3-5-11(9)14-15/h2-5,8,10H,6-7,13H2,1H3. The quantitative estimate of drug-likeness (QED) is 0.802. The first kappa shape index (κ1) is 8.92. The van der Waals surface area contributed by atoms with Crippen molar-refractivity contribution in [1.82, 2.24) is 9.78 Å². The van der Waals surface area contributed by atoms with Gasteiger partial charge in [0, 0.05) is 24.0 Å². The molecule has 1 aromatic carbocycles. The molecule has 3 rings (SSSR count). The Morgan fingerprint density at radius 1 is 1.47 bits per heavy atom. The number of fused-ring (bicyclic) bond motifs is 1. The van der Waals surface area contributed by atoms with E-state index in [0.717, 1.165) is 12.1 Å². The molecular formula is C12H15N3. The average Bonchev–Trinajstić information content (AvgIpc) is 2.93. The summed E-state index contributed by atoms with van der Waals surface area (Å²) in [6.45, 7) is 0.796. The molecule has 3 heteroatoms. The Balaban J connectivity index is 2.13. The second kappa shape index (κ2) is 3.07. The van der Waals surface area contributed by atoms with Gasteiger partial charge in [-0.05, 0) is 24.9 Å². The summed E-state index contributed by atoms with van der Waals surface area (Å²) in [5.41, 5.74) is 8.15. The lowest BCUT2D eigenvalue weighted by atomic mass is 10.1. The highest BCUT2D eigenvalue weighted by Crippen LogP contribution is 2.48. The fraction of sp³-hybridized carbons (Fsp3) is 0.417. The van der Waals surface area contributed by atoms with Crippen LogP contribution in [0.5, 0.6) is 0 Å². The number of rotatable bonds is 2. The minimum atomic E-state index is 0.632. The minimum absolute atomic E-state index is 0.632. The lowest BCUT2D eigenvalue weighted by Crippen LogP contribution is -2.04. The van der Waals surface area contributed by atoms with Crippen molar-refractivity contribution < 1.29 is 0 Å². The first-order valence-corrected chi connectivity index (χ1v) is 5.43. The predicted molar refractivity (Wildman–Crippen MR) is 60.6 cm³/mol. The summed E-state index contributed by atoms with van der Waals surface area (Å²) in [5, 5.41) is 5.81. The van der Waals surface area contributed by atoms with Gasteiger partial charge in [-0.1, -0.05) is 18.2 Å². The largest absolute Gasteiger partial charge is 0.330 e. The van der Waals surface area contributed by atoms with Gasteiger partial charge in [0.2, 0.25) is 0 Å². The van der Waals surface area contributed by atoms with Crippen LogP contribution in [0.15, 0.2) is 24.3 Å². The van der Waals surface area contributed by atoms with Crippen LogP contribution < -0.4 is 5.73 Å². The summed E-state index contributed by atoms with van der Waals surface area (Å²) in [5.74, 6) is 1.30. The van der Waals surface area contributed by atoms with Gasteiger partial charge in [0.15, 0.2) is 0 Å². The molecule has 1 fully saturated rings. The van der Waals surface area contributed by atoms with E-state index in [4.69, 9.17) is 5.73 Å². The van der Waals surface area contributed by atoms with Crippen molar-refractivity contribution in [2.24, 2.45) is 18.7 Å². The summed E-state index contributed by atoms with van der Waals surface area (Å²) in [6, 6.07) is 8.34. The van der Waals surface area contributed by atoms with Crippen LogP contribution in [0.25, 0.3) is 10.9 Å². The molecule has 2 aromatic rings. The average molecular weight is 201 g/mol. The normalized spacial score (nSPS) is 24.7. The third-order valence-corrected chi connectivity index (χ3v) is 3.36. The number of aryl methyl sites for hydroxylation is 1. The molecule has 78 valence electrons. The fourth-order valence-corrected chi connectivity index (χ4v) is 2.45. The van der Waals surface area contributed by atoms with E-state index in [0.29, 0.717) is 11.8 Å². The second-order valence-electron chi connectivity index (χ2n) is 4.36. The van der Waals surface area contributed by atoms with E-state index < -0.39 is 0 Å². The number of benzene rings is 1. The lowest BCUT2D eigenvalue weighted by molar-refractivity contribution is 0.697. The Morgan fingerprint density at radius 2 is 2.27 bits per heavy atom. The summed E-state index contributed by atoms with van der Waals surface area (Å²) in [6.07, 6.45) is 1.22. The van der Waals surface area contributed by atoms with Gasteiger partial charge in [0.1, 0.15) is 0 Å². The molecule has 1 saturated carbocycles. The molecule has 2 N–H and O–H groups in total. The zero-order chi connectivity index (χ0) is 10.4. The van der Waals surface area contributed by atoms with Gasteiger partial charge in [-0.15, -0.1) is 0 Å². The van der Waals surface area contributed by atoms with E-state index in [1.165, 1.54) is 17.5 Å².